The fourth-order valence-corrected chi connectivity index (χ4v) is 3.39. The van der Waals surface area contributed by atoms with Crippen molar-refractivity contribution in [2.75, 3.05) is 18.4 Å². The monoisotopic (exact) mass is 407 g/mol. The molecule has 1 aromatic heterocycles. The molecule has 0 bridgehead atoms. The van der Waals surface area contributed by atoms with Crippen molar-refractivity contribution < 1.29 is 22.8 Å². The van der Waals surface area contributed by atoms with E-state index in [0.717, 1.165) is 16.3 Å². The Kier molecular flexibility index (Phi) is 5.93. The summed E-state index contributed by atoms with van der Waals surface area (Å²) in [6, 6.07) is 6.69. The maximum atomic E-state index is 13.7. The van der Waals surface area contributed by atoms with E-state index in [9.17, 15) is 22.8 Å². The largest absolute Gasteiger partial charge is 0.329 e. The summed E-state index contributed by atoms with van der Waals surface area (Å²) in [6.45, 7) is 1.79. The maximum Gasteiger partial charge on any atom is 0.254 e. The highest BCUT2D eigenvalue weighted by atomic mass is 32.1. The Bertz CT molecular complexity index is 1040. The molecular weight excluding hydrogens is 391 g/mol. The number of fused-ring (bicyclic) bond motifs is 1. The number of nitrogens with one attached hydrogen (secondary N) is 1. The van der Waals surface area contributed by atoms with Crippen LogP contribution in [0.3, 0.4) is 0 Å². The van der Waals surface area contributed by atoms with Gasteiger partial charge < -0.3 is 10.2 Å². The standard InChI is InChI=1S/C19H16F3N3O2S/c1-2-7-25(19(27)11-3-5-13-15(8-11)28-10-23-13)9-16(26)24-14-6-4-12(20)17(21)18(14)22/h3-6,8,10H,2,7,9H2,1H3,(H,24,26). The highest BCUT2D eigenvalue weighted by molar-refractivity contribution is 7.16. The molecule has 2 amide bonds. The quantitative estimate of drug-likeness (QED) is 0.623. The van der Waals surface area contributed by atoms with Gasteiger partial charge in [-0.25, -0.2) is 18.2 Å². The van der Waals surface area contributed by atoms with Gasteiger partial charge >= 0.3 is 0 Å². The molecule has 0 saturated heterocycles. The van der Waals surface area contributed by atoms with Crippen molar-refractivity contribution in [2.24, 2.45) is 0 Å². The lowest BCUT2D eigenvalue weighted by Gasteiger charge is -2.22. The van der Waals surface area contributed by atoms with Gasteiger partial charge in [0.15, 0.2) is 17.5 Å². The molecule has 0 fully saturated rings. The fourth-order valence-electron chi connectivity index (χ4n) is 2.68. The van der Waals surface area contributed by atoms with Crippen LogP contribution in [0.4, 0.5) is 18.9 Å². The van der Waals surface area contributed by atoms with E-state index in [1.807, 2.05) is 6.92 Å². The van der Waals surface area contributed by atoms with Crippen LogP contribution in [0.25, 0.3) is 10.2 Å². The minimum Gasteiger partial charge on any atom is -0.329 e. The third kappa shape index (κ3) is 4.14. The molecule has 3 rings (SSSR count). The van der Waals surface area contributed by atoms with Crippen molar-refractivity contribution in [1.29, 1.82) is 0 Å². The first-order chi connectivity index (χ1) is 13.4. The number of halogens is 3. The Morgan fingerprint density at radius 2 is 1.93 bits per heavy atom. The van der Waals surface area contributed by atoms with E-state index in [2.05, 4.69) is 10.3 Å². The summed E-state index contributed by atoms with van der Waals surface area (Å²) in [6.07, 6.45) is 0.599. The molecule has 0 radical (unpaired) electrons. The Morgan fingerprint density at radius 1 is 1.14 bits per heavy atom. The first-order valence-electron chi connectivity index (χ1n) is 8.46. The number of anilines is 1. The predicted octanol–water partition coefficient (Wildman–Crippen LogP) is 4.20. The van der Waals surface area contributed by atoms with Crippen molar-refractivity contribution in [2.45, 2.75) is 13.3 Å². The lowest BCUT2D eigenvalue weighted by molar-refractivity contribution is -0.116. The summed E-state index contributed by atoms with van der Waals surface area (Å²) >= 11 is 1.39. The zero-order chi connectivity index (χ0) is 20.3. The maximum absolute atomic E-state index is 13.7. The molecule has 0 saturated carbocycles. The number of thiazole rings is 1. The van der Waals surface area contributed by atoms with Crippen LogP contribution < -0.4 is 5.32 Å². The SMILES string of the molecule is CCCN(CC(=O)Nc1ccc(F)c(F)c1F)C(=O)c1ccc2ncsc2c1. The molecule has 2 aromatic carbocycles. The number of aromatic nitrogens is 1. The Labute approximate surface area is 162 Å². The van der Waals surface area contributed by atoms with Gasteiger partial charge in [0.05, 0.1) is 21.4 Å². The van der Waals surface area contributed by atoms with E-state index in [1.54, 1.807) is 23.7 Å². The van der Waals surface area contributed by atoms with Gasteiger partial charge in [0, 0.05) is 12.1 Å². The lowest BCUT2D eigenvalue weighted by atomic mass is 10.2. The third-order valence-corrected chi connectivity index (χ3v) is 4.79. The fraction of sp³-hybridized carbons (Fsp3) is 0.211. The van der Waals surface area contributed by atoms with Gasteiger partial charge in [0.1, 0.15) is 6.54 Å². The second kappa shape index (κ2) is 8.39. The molecule has 0 aliphatic rings. The molecule has 1 heterocycles. The Balaban J connectivity index is 1.75. The molecular formula is C19H16F3N3O2S. The van der Waals surface area contributed by atoms with Crippen LogP contribution in [-0.2, 0) is 4.79 Å². The molecule has 0 atom stereocenters. The van der Waals surface area contributed by atoms with Crippen LogP contribution in [0.15, 0.2) is 35.8 Å². The lowest BCUT2D eigenvalue weighted by Crippen LogP contribution is -2.38. The number of hydrogen-bond acceptors (Lipinski definition) is 4. The summed E-state index contributed by atoms with van der Waals surface area (Å²) in [5.74, 6) is -5.59. The molecule has 0 aliphatic carbocycles. The Hall–Kier alpha value is -2.94. The average Bonchev–Trinajstić information content (AvgIpc) is 3.15. The van der Waals surface area contributed by atoms with Gasteiger partial charge in [-0.2, -0.15) is 0 Å². The Morgan fingerprint density at radius 3 is 2.68 bits per heavy atom. The molecule has 146 valence electrons. The van der Waals surface area contributed by atoms with E-state index in [1.165, 1.54) is 16.2 Å². The normalized spacial score (nSPS) is 10.9. The number of carbonyl (C=O) groups is 2. The van der Waals surface area contributed by atoms with E-state index >= 15 is 0 Å². The van der Waals surface area contributed by atoms with Crippen molar-refractivity contribution in [3.8, 4) is 0 Å². The van der Waals surface area contributed by atoms with Crippen LogP contribution in [0.1, 0.15) is 23.7 Å². The van der Waals surface area contributed by atoms with Gasteiger partial charge in [-0.05, 0) is 36.8 Å². The van der Waals surface area contributed by atoms with E-state index in [4.69, 9.17) is 0 Å². The summed E-state index contributed by atoms with van der Waals surface area (Å²) in [5, 5.41) is 2.18. The number of benzene rings is 2. The molecule has 28 heavy (non-hydrogen) atoms. The molecule has 9 heteroatoms. The van der Waals surface area contributed by atoms with Gasteiger partial charge in [-0.15, -0.1) is 11.3 Å². The van der Waals surface area contributed by atoms with Gasteiger partial charge in [0.25, 0.3) is 5.91 Å². The number of carbonyl (C=O) groups excluding carboxylic acids is 2. The highest BCUT2D eigenvalue weighted by Gasteiger charge is 2.21. The molecule has 3 aromatic rings. The van der Waals surface area contributed by atoms with Gasteiger partial charge in [-0.3, -0.25) is 9.59 Å². The smallest absolute Gasteiger partial charge is 0.254 e. The number of nitrogens with zero attached hydrogens (tertiary/aromatic N) is 2. The van der Waals surface area contributed by atoms with Crippen LogP contribution >= 0.6 is 11.3 Å². The second-order valence-electron chi connectivity index (χ2n) is 6.03. The van der Waals surface area contributed by atoms with Gasteiger partial charge in [0.2, 0.25) is 5.91 Å². The highest BCUT2D eigenvalue weighted by Crippen LogP contribution is 2.21. The van der Waals surface area contributed by atoms with Crippen molar-refractivity contribution >= 4 is 39.1 Å². The summed E-state index contributed by atoms with van der Waals surface area (Å²) < 4.78 is 40.9. The zero-order valence-corrected chi connectivity index (χ0v) is 15.7. The molecule has 0 aliphatic heterocycles. The van der Waals surface area contributed by atoms with Crippen LogP contribution in [0.2, 0.25) is 0 Å². The van der Waals surface area contributed by atoms with Gasteiger partial charge in [-0.1, -0.05) is 6.92 Å². The first-order valence-corrected chi connectivity index (χ1v) is 9.34. The predicted molar refractivity (Wildman–Crippen MR) is 101 cm³/mol. The number of rotatable bonds is 6. The number of amides is 2. The van der Waals surface area contributed by atoms with E-state index < -0.39 is 29.0 Å². The summed E-state index contributed by atoms with van der Waals surface area (Å²) in [4.78, 5) is 30.5. The molecule has 0 unspecified atom stereocenters. The van der Waals surface area contributed by atoms with Crippen molar-refractivity contribution in [1.82, 2.24) is 9.88 Å². The minimum atomic E-state index is -1.67. The topological polar surface area (TPSA) is 62.3 Å². The second-order valence-corrected chi connectivity index (χ2v) is 6.92. The zero-order valence-electron chi connectivity index (χ0n) is 14.8. The summed E-state index contributed by atoms with van der Waals surface area (Å²) in [5.41, 5.74) is 2.36. The summed E-state index contributed by atoms with van der Waals surface area (Å²) in [7, 11) is 0. The third-order valence-electron chi connectivity index (χ3n) is 4.00. The average molecular weight is 407 g/mol. The van der Waals surface area contributed by atoms with Crippen molar-refractivity contribution in [3.63, 3.8) is 0 Å². The number of hydrogen-bond donors (Lipinski definition) is 1. The van der Waals surface area contributed by atoms with Crippen molar-refractivity contribution in [3.05, 3.63) is 58.9 Å². The molecule has 5 nitrogen and oxygen atoms in total. The van der Waals surface area contributed by atoms with E-state index in [0.29, 0.717) is 24.6 Å². The minimum absolute atomic E-state index is 0.299. The van der Waals surface area contributed by atoms with Crippen LogP contribution in [0, 0.1) is 17.5 Å². The van der Waals surface area contributed by atoms with E-state index in [-0.39, 0.29) is 12.5 Å². The van der Waals surface area contributed by atoms with Crippen LogP contribution in [0.5, 0.6) is 0 Å². The van der Waals surface area contributed by atoms with Crippen LogP contribution in [-0.4, -0.2) is 34.8 Å². The molecule has 1 N–H and O–H groups in total. The first kappa shape index (κ1) is 19.8. The molecule has 0 spiro atoms.